The van der Waals surface area contributed by atoms with E-state index in [0.717, 1.165) is 22.7 Å². The maximum Gasteiger partial charge on any atom is 0.0561 e. The van der Waals surface area contributed by atoms with Gasteiger partial charge in [-0.3, -0.25) is 0 Å². The first-order chi connectivity index (χ1) is 27.3. The van der Waals surface area contributed by atoms with Gasteiger partial charge >= 0.3 is 0 Å². The second-order valence-electron chi connectivity index (χ2n) is 14.1. The molecule has 0 unspecified atom stereocenters. The molecule has 0 radical (unpaired) electrons. The van der Waals surface area contributed by atoms with Crippen molar-refractivity contribution < 1.29 is 0 Å². The summed E-state index contributed by atoms with van der Waals surface area (Å²) in [7, 11) is 0. The number of para-hydroxylation sites is 3. The van der Waals surface area contributed by atoms with Crippen LogP contribution < -0.4 is 4.90 Å². The van der Waals surface area contributed by atoms with Crippen LogP contribution in [0.25, 0.3) is 80.7 Å². The maximum absolute atomic E-state index is 2.44. The molecular weight excluding hydrogens is 685 g/mol. The number of hydrogen-bond donors (Lipinski definition) is 0. The van der Waals surface area contributed by atoms with E-state index in [1.54, 1.807) is 0 Å². The molecule has 0 spiro atoms. The van der Waals surface area contributed by atoms with Crippen LogP contribution in [0.15, 0.2) is 206 Å². The summed E-state index contributed by atoms with van der Waals surface area (Å²) in [6, 6.07) is 75.3. The Kier molecular flexibility index (Phi) is 7.39. The zero-order valence-corrected chi connectivity index (χ0v) is 30.7. The maximum atomic E-state index is 2.44. The van der Waals surface area contributed by atoms with Gasteiger partial charge in [0.2, 0.25) is 0 Å². The highest BCUT2D eigenvalue weighted by Gasteiger charge is 2.21. The van der Waals surface area contributed by atoms with E-state index < -0.39 is 0 Å². The van der Waals surface area contributed by atoms with Gasteiger partial charge in [0.1, 0.15) is 0 Å². The molecule has 11 aromatic rings. The molecule has 0 fully saturated rings. The lowest BCUT2D eigenvalue weighted by Crippen LogP contribution is -2.11. The molecule has 0 aliphatic carbocycles. The largest absolute Gasteiger partial charge is 0.310 e. The average Bonchev–Trinajstić information content (AvgIpc) is 3.79. The summed E-state index contributed by atoms with van der Waals surface area (Å²) >= 11 is 1.86. The van der Waals surface area contributed by atoms with Gasteiger partial charge in [0, 0.05) is 53.6 Å². The Morgan fingerprint density at radius 2 is 1.00 bits per heavy atom. The Hall–Kier alpha value is -6.94. The Labute approximate surface area is 323 Å². The minimum atomic E-state index is 1.10. The number of anilines is 3. The molecular formula is C52H34N2S. The minimum Gasteiger partial charge on any atom is -0.310 e. The molecule has 2 nitrogen and oxygen atoms in total. The number of nitrogens with zero attached hydrogens (tertiary/aromatic N) is 2. The third kappa shape index (κ3) is 5.24. The molecule has 2 aromatic heterocycles. The molecule has 3 heteroatoms. The van der Waals surface area contributed by atoms with E-state index in [-0.39, 0.29) is 0 Å². The normalized spacial score (nSPS) is 11.6. The van der Waals surface area contributed by atoms with Gasteiger partial charge in [-0.25, -0.2) is 0 Å². The molecule has 2 heterocycles. The number of aromatic nitrogens is 1. The second-order valence-corrected chi connectivity index (χ2v) is 15.2. The topological polar surface area (TPSA) is 8.17 Å². The quantitative estimate of drug-likeness (QED) is 0.166. The Morgan fingerprint density at radius 3 is 1.89 bits per heavy atom. The molecule has 0 saturated heterocycles. The molecule has 0 aliphatic heterocycles. The van der Waals surface area contributed by atoms with Crippen LogP contribution in [-0.4, -0.2) is 4.57 Å². The van der Waals surface area contributed by atoms with E-state index in [0.29, 0.717) is 0 Å². The summed E-state index contributed by atoms with van der Waals surface area (Å²) in [5.41, 5.74) is 11.7. The van der Waals surface area contributed by atoms with E-state index in [2.05, 4.69) is 216 Å². The van der Waals surface area contributed by atoms with Gasteiger partial charge in [0.15, 0.2) is 0 Å². The molecule has 0 bridgehead atoms. The van der Waals surface area contributed by atoms with Gasteiger partial charge in [-0.05, 0) is 94.2 Å². The monoisotopic (exact) mass is 718 g/mol. The predicted octanol–water partition coefficient (Wildman–Crippen LogP) is 15.1. The Bertz CT molecular complexity index is 3200. The summed E-state index contributed by atoms with van der Waals surface area (Å²) in [6.07, 6.45) is 0. The number of fused-ring (bicyclic) bond motifs is 7. The standard InChI is InChI=1S/C52H34N2S/c1-2-15-38(16-3-1)54-49-23-10-7-19-44(49)45-31-30-40(34-50(45)54)53(39-28-25-36(26-29-39)42-21-12-14-35-13-4-5-17-41(35)42)48-22-9-6-18-43(48)37-27-32-52-47(33-37)46-20-8-11-24-51(46)55-52/h1-34H. The van der Waals surface area contributed by atoms with Crippen LogP contribution in [0.2, 0.25) is 0 Å². The van der Waals surface area contributed by atoms with Gasteiger partial charge < -0.3 is 9.47 Å². The van der Waals surface area contributed by atoms with Crippen LogP contribution >= 0.6 is 11.3 Å². The van der Waals surface area contributed by atoms with Gasteiger partial charge in [0.25, 0.3) is 0 Å². The van der Waals surface area contributed by atoms with Gasteiger partial charge in [0.05, 0.1) is 16.7 Å². The fraction of sp³-hybridized carbons (Fsp3) is 0. The predicted molar refractivity (Wildman–Crippen MR) is 237 cm³/mol. The summed E-state index contributed by atoms with van der Waals surface area (Å²) in [5, 5.41) is 7.59. The fourth-order valence-corrected chi connectivity index (χ4v) is 9.54. The van der Waals surface area contributed by atoms with Crippen molar-refractivity contribution in [2.75, 3.05) is 4.90 Å². The molecule has 0 atom stereocenters. The lowest BCUT2D eigenvalue weighted by molar-refractivity contribution is 1.18. The van der Waals surface area contributed by atoms with E-state index >= 15 is 0 Å². The highest BCUT2D eigenvalue weighted by atomic mass is 32.1. The van der Waals surface area contributed by atoms with Crippen molar-refractivity contribution in [3.05, 3.63) is 206 Å². The lowest BCUT2D eigenvalue weighted by Gasteiger charge is -2.28. The molecule has 0 amide bonds. The van der Waals surface area contributed by atoms with Crippen molar-refractivity contribution >= 4 is 81.1 Å². The zero-order valence-electron chi connectivity index (χ0n) is 29.9. The van der Waals surface area contributed by atoms with Crippen molar-refractivity contribution in [2.45, 2.75) is 0 Å². The second kappa shape index (κ2) is 12.9. The van der Waals surface area contributed by atoms with Crippen LogP contribution in [0.5, 0.6) is 0 Å². The smallest absolute Gasteiger partial charge is 0.0561 e. The van der Waals surface area contributed by atoms with E-state index in [1.807, 2.05) is 11.3 Å². The number of rotatable bonds is 6. The number of benzene rings is 9. The summed E-state index contributed by atoms with van der Waals surface area (Å²) < 4.78 is 5.03. The fourth-order valence-electron chi connectivity index (χ4n) is 8.45. The lowest BCUT2D eigenvalue weighted by atomic mass is 9.97. The molecule has 11 rings (SSSR count). The van der Waals surface area contributed by atoms with Crippen molar-refractivity contribution in [1.82, 2.24) is 4.57 Å². The van der Waals surface area contributed by atoms with Crippen LogP contribution in [0, 0.1) is 0 Å². The van der Waals surface area contributed by atoms with E-state index in [1.165, 1.54) is 75.0 Å². The van der Waals surface area contributed by atoms with Crippen LogP contribution in [0.3, 0.4) is 0 Å². The first-order valence-electron chi connectivity index (χ1n) is 18.8. The highest BCUT2D eigenvalue weighted by molar-refractivity contribution is 7.25. The third-order valence-electron chi connectivity index (χ3n) is 11.0. The molecule has 9 aromatic carbocycles. The highest BCUT2D eigenvalue weighted by Crippen LogP contribution is 2.45. The summed E-state index contributed by atoms with van der Waals surface area (Å²) in [6.45, 7) is 0. The van der Waals surface area contributed by atoms with Crippen molar-refractivity contribution in [3.8, 4) is 27.9 Å². The van der Waals surface area contributed by atoms with Crippen molar-refractivity contribution in [2.24, 2.45) is 0 Å². The van der Waals surface area contributed by atoms with E-state index in [9.17, 15) is 0 Å². The van der Waals surface area contributed by atoms with Gasteiger partial charge in [-0.15, -0.1) is 11.3 Å². The molecule has 55 heavy (non-hydrogen) atoms. The molecule has 0 aliphatic rings. The first kappa shape index (κ1) is 31.6. The van der Waals surface area contributed by atoms with Crippen molar-refractivity contribution in [3.63, 3.8) is 0 Å². The van der Waals surface area contributed by atoms with Crippen LogP contribution in [0.1, 0.15) is 0 Å². The van der Waals surface area contributed by atoms with Gasteiger partial charge in [-0.2, -0.15) is 0 Å². The third-order valence-corrected chi connectivity index (χ3v) is 12.1. The van der Waals surface area contributed by atoms with Gasteiger partial charge in [-0.1, -0.05) is 140 Å². The first-order valence-corrected chi connectivity index (χ1v) is 19.6. The molecule has 0 N–H and O–H groups in total. The zero-order chi connectivity index (χ0) is 36.3. The summed E-state index contributed by atoms with van der Waals surface area (Å²) in [4.78, 5) is 2.44. The Morgan fingerprint density at radius 1 is 0.364 bits per heavy atom. The average molecular weight is 719 g/mol. The summed E-state index contributed by atoms with van der Waals surface area (Å²) in [5.74, 6) is 0. The van der Waals surface area contributed by atoms with E-state index in [4.69, 9.17) is 0 Å². The SMILES string of the molecule is c1ccc(-n2c3ccccc3c3ccc(N(c4ccc(-c5cccc6ccccc56)cc4)c4ccccc4-c4ccc5sc6ccccc6c5c4)cc32)cc1. The molecule has 0 saturated carbocycles. The van der Waals surface area contributed by atoms with Crippen LogP contribution in [0.4, 0.5) is 17.1 Å². The Balaban J connectivity index is 1.14. The molecule has 258 valence electrons. The minimum absolute atomic E-state index is 1.10. The number of thiophene rings is 1. The van der Waals surface area contributed by atoms with Crippen LogP contribution in [-0.2, 0) is 0 Å². The number of hydrogen-bond acceptors (Lipinski definition) is 2. The van der Waals surface area contributed by atoms with Crippen molar-refractivity contribution in [1.29, 1.82) is 0 Å².